The van der Waals surface area contributed by atoms with E-state index >= 15 is 0 Å². The van der Waals surface area contributed by atoms with Gasteiger partial charge in [0.05, 0.1) is 6.10 Å². The summed E-state index contributed by atoms with van der Waals surface area (Å²) in [6, 6.07) is -1.57. The van der Waals surface area contributed by atoms with Crippen LogP contribution >= 0.6 is 0 Å². The molecule has 0 aliphatic carbocycles. The Labute approximate surface area is 87.4 Å². The Morgan fingerprint density at radius 1 is 1.53 bits per heavy atom. The average Bonchev–Trinajstić information content (AvgIpc) is 2.54. The first kappa shape index (κ1) is 12.7. The molecule has 2 N–H and O–H groups in total. The van der Waals surface area contributed by atoms with Crippen LogP contribution < -0.4 is 5.73 Å². The molecule has 15 heavy (non-hydrogen) atoms. The number of likely N-dealkylation sites (N-methyl/N-ethyl adjacent to an activating group) is 1. The summed E-state index contributed by atoms with van der Waals surface area (Å²) in [5.74, 6) is 0. The van der Waals surface area contributed by atoms with Crippen molar-refractivity contribution < 1.29 is 17.9 Å². The van der Waals surface area contributed by atoms with E-state index in [1.807, 2.05) is 0 Å². The first-order valence-electron chi connectivity index (χ1n) is 5.03. The number of hydrogen-bond acceptors (Lipinski definition) is 3. The lowest BCUT2D eigenvalue weighted by atomic mass is 10.2. The summed E-state index contributed by atoms with van der Waals surface area (Å²) in [4.78, 5) is 1.23. The molecule has 0 radical (unpaired) electrons. The molecule has 2 atom stereocenters. The quantitative estimate of drug-likeness (QED) is 0.776. The van der Waals surface area contributed by atoms with Gasteiger partial charge in [0.15, 0.2) is 0 Å². The van der Waals surface area contributed by atoms with Gasteiger partial charge in [-0.1, -0.05) is 0 Å². The maximum atomic E-state index is 12.5. The highest BCUT2D eigenvalue weighted by atomic mass is 19.4. The van der Waals surface area contributed by atoms with Gasteiger partial charge in [-0.05, 0) is 19.9 Å². The van der Waals surface area contributed by atoms with E-state index in [4.69, 9.17) is 10.5 Å². The Bertz CT molecular complexity index is 192. The molecule has 0 bridgehead atoms. The molecular formula is C9H17F3N2O. The van der Waals surface area contributed by atoms with E-state index in [1.165, 1.54) is 11.9 Å². The standard InChI is InChI=1S/C9H17F3N2O/c1-14(6-7-3-2-4-15-7)8(5-13)9(10,11)12/h7-8H,2-6,13H2,1H3. The van der Waals surface area contributed by atoms with Crippen LogP contribution in [0.4, 0.5) is 13.2 Å². The normalized spacial score (nSPS) is 24.8. The zero-order chi connectivity index (χ0) is 11.5. The fourth-order valence-electron chi connectivity index (χ4n) is 1.80. The molecule has 90 valence electrons. The molecule has 6 heteroatoms. The molecule has 0 aromatic rings. The molecule has 0 spiro atoms. The lowest BCUT2D eigenvalue weighted by molar-refractivity contribution is -0.180. The molecule has 1 aliphatic heterocycles. The molecule has 1 rings (SSSR count). The third-order valence-electron chi connectivity index (χ3n) is 2.65. The van der Waals surface area contributed by atoms with Crippen LogP contribution in [0.2, 0.25) is 0 Å². The highest BCUT2D eigenvalue weighted by molar-refractivity contribution is 4.80. The average molecular weight is 226 g/mol. The monoisotopic (exact) mass is 226 g/mol. The number of rotatable bonds is 4. The summed E-state index contributed by atoms with van der Waals surface area (Å²) in [7, 11) is 1.44. The summed E-state index contributed by atoms with van der Waals surface area (Å²) in [6.07, 6.45) is -2.58. The van der Waals surface area contributed by atoms with Crippen LogP contribution in [0.15, 0.2) is 0 Å². The van der Waals surface area contributed by atoms with E-state index in [2.05, 4.69) is 0 Å². The van der Waals surface area contributed by atoms with Crippen molar-refractivity contribution in [3.8, 4) is 0 Å². The van der Waals surface area contributed by atoms with E-state index in [1.54, 1.807) is 0 Å². The van der Waals surface area contributed by atoms with Crippen molar-refractivity contribution in [1.29, 1.82) is 0 Å². The first-order chi connectivity index (χ1) is 6.95. The predicted octanol–water partition coefficient (Wildman–Crippen LogP) is 0.987. The second-order valence-corrected chi connectivity index (χ2v) is 3.87. The molecule has 1 heterocycles. The van der Waals surface area contributed by atoms with Crippen LogP contribution in [0.25, 0.3) is 0 Å². The second kappa shape index (κ2) is 5.14. The lowest BCUT2D eigenvalue weighted by Crippen LogP contribution is -2.50. The van der Waals surface area contributed by atoms with Crippen LogP contribution in [0, 0.1) is 0 Å². The SMILES string of the molecule is CN(CC1CCCO1)C(CN)C(F)(F)F. The van der Waals surface area contributed by atoms with Crippen LogP contribution in [0.5, 0.6) is 0 Å². The van der Waals surface area contributed by atoms with Gasteiger partial charge in [-0.15, -0.1) is 0 Å². The number of halogens is 3. The summed E-state index contributed by atoms with van der Waals surface area (Å²) < 4.78 is 42.7. The third kappa shape index (κ3) is 3.62. The molecule has 0 amide bonds. The molecule has 1 aliphatic rings. The summed E-state index contributed by atoms with van der Waals surface area (Å²) in [5.41, 5.74) is 5.13. The minimum Gasteiger partial charge on any atom is -0.377 e. The zero-order valence-electron chi connectivity index (χ0n) is 8.76. The molecule has 0 aromatic heterocycles. The van der Waals surface area contributed by atoms with Crippen LogP contribution in [0.3, 0.4) is 0 Å². The van der Waals surface area contributed by atoms with Crippen molar-refractivity contribution in [3.05, 3.63) is 0 Å². The van der Waals surface area contributed by atoms with Gasteiger partial charge in [-0.25, -0.2) is 0 Å². The van der Waals surface area contributed by atoms with E-state index in [0.29, 0.717) is 13.2 Å². The topological polar surface area (TPSA) is 38.5 Å². The van der Waals surface area contributed by atoms with Gasteiger partial charge < -0.3 is 10.5 Å². The Morgan fingerprint density at radius 2 is 2.20 bits per heavy atom. The number of nitrogens with two attached hydrogens (primary N) is 1. The number of alkyl halides is 3. The van der Waals surface area contributed by atoms with Gasteiger partial charge in [0.2, 0.25) is 0 Å². The number of hydrogen-bond donors (Lipinski definition) is 1. The van der Waals surface area contributed by atoms with Crippen LogP contribution in [0.1, 0.15) is 12.8 Å². The minimum absolute atomic E-state index is 0.0774. The Balaban J connectivity index is 2.45. The van der Waals surface area contributed by atoms with Crippen LogP contribution in [-0.2, 0) is 4.74 Å². The van der Waals surface area contributed by atoms with Crippen molar-refractivity contribution in [3.63, 3.8) is 0 Å². The van der Waals surface area contributed by atoms with Crippen molar-refractivity contribution in [1.82, 2.24) is 4.90 Å². The maximum Gasteiger partial charge on any atom is 0.405 e. The summed E-state index contributed by atoms with van der Waals surface area (Å²) >= 11 is 0. The zero-order valence-corrected chi connectivity index (χ0v) is 8.76. The van der Waals surface area contributed by atoms with Gasteiger partial charge in [-0.2, -0.15) is 13.2 Å². The highest BCUT2D eigenvalue weighted by Crippen LogP contribution is 2.24. The first-order valence-corrected chi connectivity index (χ1v) is 5.03. The Kier molecular flexibility index (Phi) is 4.36. The molecule has 1 saturated heterocycles. The summed E-state index contributed by atoms with van der Waals surface area (Å²) in [5, 5.41) is 0. The van der Waals surface area contributed by atoms with Gasteiger partial charge in [-0.3, -0.25) is 4.90 Å². The van der Waals surface area contributed by atoms with E-state index in [0.717, 1.165) is 12.8 Å². The lowest BCUT2D eigenvalue weighted by Gasteiger charge is -2.30. The maximum absolute atomic E-state index is 12.5. The molecule has 3 nitrogen and oxygen atoms in total. The van der Waals surface area contributed by atoms with Crippen molar-refractivity contribution in [2.75, 3.05) is 26.7 Å². The van der Waals surface area contributed by atoms with Crippen molar-refractivity contribution >= 4 is 0 Å². The van der Waals surface area contributed by atoms with Gasteiger partial charge >= 0.3 is 6.18 Å². The fourth-order valence-corrected chi connectivity index (χ4v) is 1.80. The van der Waals surface area contributed by atoms with Crippen molar-refractivity contribution in [2.24, 2.45) is 5.73 Å². The Hall–Kier alpha value is -0.330. The van der Waals surface area contributed by atoms with Gasteiger partial charge in [0.1, 0.15) is 6.04 Å². The predicted molar refractivity (Wildman–Crippen MR) is 50.5 cm³/mol. The van der Waals surface area contributed by atoms with E-state index < -0.39 is 18.8 Å². The molecule has 0 aromatic carbocycles. The van der Waals surface area contributed by atoms with E-state index in [9.17, 15) is 13.2 Å². The third-order valence-corrected chi connectivity index (χ3v) is 2.65. The van der Waals surface area contributed by atoms with Gasteiger partial charge in [0, 0.05) is 19.7 Å². The number of ether oxygens (including phenoxy) is 1. The fraction of sp³-hybridized carbons (Fsp3) is 1.00. The summed E-state index contributed by atoms with van der Waals surface area (Å²) in [6.45, 7) is 0.534. The largest absolute Gasteiger partial charge is 0.405 e. The van der Waals surface area contributed by atoms with Gasteiger partial charge in [0.25, 0.3) is 0 Å². The molecule has 0 saturated carbocycles. The second-order valence-electron chi connectivity index (χ2n) is 3.87. The van der Waals surface area contributed by atoms with Crippen LogP contribution in [-0.4, -0.2) is 50.0 Å². The number of nitrogens with zero attached hydrogens (tertiary/aromatic N) is 1. The van der Waals surface area contributed by atoms with E-state index in [-0.39, 0.29) is 6.10 Å². The molecule has 1 fully saturated rings. The Morgan fingerprint density at radius 3 is 2.60 bits per heavy atom. The molecule has 2 unspecified atom stereocenters. The smallest absolute Gasteiger partial charge is 0.377 e. The molecular weight excluding hydrogens is 209 g/mol. The highest BCUT2D eigenvalue weighted by Gasteiger charge is 2.41. The minimum atomic E-state index is -4.26. The van der Waals surface area contributed by atoms with Crippen molar-refractivity contribution in [2.45, 2.75) is 31.2 Å².